The van der Waals surface area contributed by atoms with Crippen LogP contribution in [-0.4, -0.2) is 43.0 Å². The molecular weight excluding hydrogens is 388 g/mol. The van der Waals surface area contributed by atoms with Crippen molar-refractivity contribution in [3.8, 4) is 0 Å². The van der Waals surface area contributed by atoms with Crippen LogP contribution in [0.3, 0.4) is 0 Å². The fourth-order valence-corrected chi connectivity index (χ4v) is 3.16. The number of nitrogens with two attached hydrogens (primary N) is 1. The number of hydrogen-bond donors (Lipinski definition) is 2. The first-order valence-corrected chi connectivity index (χ1v) is 8.76. The van der Waals surface area contributed by atoms with Crippen molar-refractivity contribution in [2.45, 2.75) is 0 Å². The molecule has 28 heavy (non-hydrogen) atoms. The second kappa shape index (κ2) is 8.24. The molecule has 9 nitrogen and oxygen atoms in total. The summed E-state index contributed by atoms with van der Waals surface area (Å²) < 4.78 is 5.32. The van der Waals surface area contributed by atoms with Crippen molar-refractivity contribution in [3.05, 3.63) is 62.7 Å². The van der Waals surface area contributed by atoms with Gasteiger partial charge in [-0.25, -0.2) is 0 Å². The second-order valence-electron chi connectivity index (χ2n) is 6.07. The number of hydrogen-bond acceptors (Lipinski definition) is 6. The molecule has 0 aromatic heterocycles. The summed E-state index contributed by atoms with van der Waals surface area (Å²) in [6.07, 6.45) is 0. The molecule has 3 N–H and O–H groups in total. The Morgan fingerprint density at radius 2 is 1.86 bits per heavy atom. The van der Waals surface area contributed by atoms with E-state index in [-0.39, 0.29) is 21.8 Å². The summed E-state index contributed by atoms with van der Waals surface area (Å²) >= 11 is 6.01. The number of carbonyl (C=O) groups is 2. The van der Waals surface area contributed by atoms with E-state index >= 15 is 0 Å². The number of nitrogens with one attached hydrogen (secondary N) is 1. The Bertz CT molecular complexity index is 944. The quantitative estimate of drug-likeness (QED) is 0.581. The molecule has 1 aliphatic heterocycles. The fourth-order valence-electron chi connectivity index (χ4n) is 2.89. The summed E-state index contributed by atoms with van der Waals surface area (Å²) in [6, 6.07) is 8.43. The molecule has 1 heterocycles. The molecule has 0 radical (unpaired) electrons. The number of benzene rings is 2. The van der Waals surface area contributed by atoms with E-state index in [0.717, 1.165) is 0 Å². The molecule has 1 fully saturated rings. The van der Waals surface area contributed by atoms with Gasteiger partial charge in [0.1, 0.15) is 0 Å². The average Bonchev–Trinajstić information content (AvgIpc) is 2.68. The van der Waals surface area contributed by atoms with Gasteiger partial charge >= 0.3 is 0 Å². The van der Waals surface area contributed by atoms with Crippen molar-refractivity contribution in [1.82, 2.24) is 0 Å². The maximum Gasteiger partial charge on any atom is 0.270 e. The van der Waals surface area contributed by atoms with Crippen LogP contribution in [0, 0.1) is 10.1 Å². The van der Waals surface area contributed by atoms with E-state index in [2.05, 4.69) is 5.32 Å². The van der Waals surface area contributed by atoms with E-state index in [1.54, 1.807) is 6.07 Å². The van der Waals surface area contributed by atoms with Gasteiger partial charge in [0.05, 0.1) is 40.0 Å². The van der Waals surface area contributed by atoms with Crippen molar-refractivity contribution in [1.29, 1.82) is 0 Å². The second-order valence-corrected chi connectivity index (χ2v) is 6.48. The van der Waals surface area contributed by atoms with Crippen LogP contribution in [0.1, 0.15) is 20.7 Å². The van der Waals surface area contributed by atoms with Crippen molar-refractivity contribution < 1.29 is 19.2 Å². The summed E-state index contributed by atoms with van der Waals surface area (Å²) in [6.45, 7) is 2.14. The molecule has 0 unspecified atom stereocenters. The lowest BCUT2D eigenvalue weighted by Gasteiger charge is -2.30. The van der Waals surface area contributed by atoms with E-state index in [4.69, 9.17) is 22.1 Å². The SMILES string of the molecule is NC(=O)c1ccc(NC(=O)c2cc([N+](=O)[O-])ccc2N2CCOCC2)cc1Cl. The van der Waals surface area contributed by atoms with E-state index in [1.165, 1.54) is 30.3 Å². The van der Waals surface area contributed by atoms with Crippen molar-refractivity contribution in [2.24, 2.45) is 5.73 Å². The minimum Gasteiger partial charge on any atom is -0.378 e. The fraction of sp³-hybridized carbons (Fsp3) is 0.222. The molecule has 1 aliphatic rings. The zero-order chi connectivity index (χ0) is 20.3. The number of rotatable bonds is 5. The van der Waals surface area contributed by atoms with Crippen molar-refractivity contribution in [3.63, 3.8) is 0 Å². The van der Waals surface area contributed by atoms with Gasteiger partial charge in [-0.2, -0.15) is 0 Å². The lowest BCUT2D eigenvalue weighted by Crippen LogP contribution is -2.37. The molecule has 1 saturated heterocycles. The molecule has 0 aliphatic carbocycles. The number of primary amides is 1. The molecule has 2 aromatic rings. The first-order chi connectivity index (χ1) is 13.4. The molecule has 10 heteroatoms. The molecule has 2 aromatic carbocycles. The number of nitro groups is 1. The van der Waals surface area contributed by atoms with Crippen LogP contribution >= 0.6 is 11.6 Å². The molecule has 0 saturated carbocycles. The summed E-state index contributed by atoms with van der Waals surface area (Å²) in [5.41, 5.74) is 6.22. The number of amides is 2. The van der Waals surface area contributed by atoms with Gasteiger partial charge in [-0.15, -0.1) is 0 Å². The highest BCUT2D eigenvalue weighted by Gasteiger charge is 2.22. The standard InChI is InChI=1S/C18H17ClN4O5/c19-15-9-11(1-3-13(15)17(20)24)21-18(25)14-10-12(23(26)27)2-4-16(14)22-5-7-28-8-6-22/h1-4,9-10H,5-8H2,(H2,20,24)(H,21,25). The number of nitrogens with zero attached hydrogens (tertiary/aromatic N) is 2. The van der Waals surface area contributed by atoms with Gasteiger partial charge in [-0.1, -0.05) is 11.6 Å². The number of nitro benzene ring substituents is 1. The number of carbonyl (C=O) groups excluding carboxylic acids is 2. The predicted octanol–water partition coefficient (Wildman–Crippen LogP) is 2.44. The largest absolute Gasteiger partial charge is 0.378 e. The minimum atomic E-state index is -0.684. The molecule has 146 valence electrons. The number of non-ortho nitro benzene ring substituents is 1. The number of halogens is 1. The van der Waals surface area contributed by atoms with Crippen LogP contribution in [0.2, 0.25) is 5.02 Å². The van der Waals surface area contributed by atoms with Gasteiger partial charge in [0, 0.05) is 30.9 Å². The first kappa shape index (κ1) is 19.6. The molecule has 3 rings (SSSR count). The van der Waals surface area contributed by atoms with Crippen LogP contribution in [0.4, 0.5) is 17.1 Å². The summed E-state index contributed by atoms with van der Waals surface area (Å²) in [5.74, 6) is -1.22. The molecule has 2 amide bonds. The summed E-state index contributed by atoms with van der Waals surface area (Å²) in [7, 11) is 0. The highest BCUT2D eigenvalue weighted by Crippen LogP contribution is 2.28. The zero-order valence-corrected chi connectivity index (χ0v) is 15.4. The Labute approximate surface area is 165 Å². The van der Waals surface area contributed by atoms with Gasteiger partial charge in [-0.05, 0) is 24.3 Å². The highest BCUT2D eigenvalue weighted by molar-refractivity contribution is 6.34. The maximum absolute atomic E-state index is 12.9. The molecule has 0 atom stereocenters. The van der Waals surface area contributed by atoms with Gasteiger partial charge in [0.2, 0.25) is 5.91 Å². The van der Waals surface area contributed by atoms with Crippen LogP contribution in [0.5, 0.6) is 0 Å². The highest BCUT2D eigenvalue weighted by atomic mass is 35.5. The topological polar surface area (TPSA) is 128 Å². The van der Waals surface area contributed by atoms with Crippen molar-refractivity contribution in [2.75, 3.05) is 36.5 Å². The van der Waals surface area contributed by atoms with Gasteiger partial charge in [-0.3, -0.25) is 19.7 Å². The van der Waals surface area contributed by atoms with Crippen molar-refractivity contribution >= 4 is 40.5 Å². The molecule has 0 spiro atoms. The minimum absolute atomic E-state index is 0.0951. The Hall–Kier alpha value is -3.17. The number of morpholine rings is 1. The lowest BCUT2D eigenvalue weighted by molar-refractivity contribution is -0.384. The van der Waals surface area contributed by atoms with E-state index in [9.17, 15) is 19.7 Å². The smallest absolute Gasteiger partial charge is 0.270 e. The summed E-state index contributed by atoms with van der Waals surface area (Å²) in [5, 5.41) is 13.9. The maximum atomic E-state index is 12.9. The number of ether oxygens (including phenoxy) is 1. The van der Waals surface area contributed by atoms with Crippen LogP contribution in [-0.2, 0) is 4.74 Å². The first-order valence-electron chi connectivity index (χ1n) is 8.38. The van der Waals surface area contributed by atoms with E-state index in [0.29, 0.717) is 37.7 Å². The monoisotopic (exact) mass is 404 g/mol. The Balaban J connectivity index is 1.92. The van der Waals surface area contributed by atoms with Gasteiger partial charge in [0.15, 0.2) is 0 Å². The third-order valence-electron chi connectivity index (χ3n) is 4.28. The summed E-state index contributed by atoms with van der Waals surface area (Å²) in [4.78, 5) is 36.7. The Kier molecular flexibility index (Phi) is 5.76. The zero-order valence-electron chi connectivity index (χ0n) is 14.7. The van der Waals surface area contributed by atoms with E-state index in [1.807, 2.05) is 4.90 Å². The Morgan fingerprint density at radius 3 is 2.46 bits per heavy atom. The molecule has 0 bridgehead atoms. The van der Waals surface area contributed by atoms with Crippen LogP contribution in [0.25, 0.3) is 0 Å². The lowest BCUT2D eigenvalue weighted by atomic mass is 10.1. The third-order valence-corrected chi connectivity index (χ3v) is 4.59. The third kappa shape index (κ3) is 4.21. The normalized spacial score (nSPS) is 13.8. The van der Waals surface area contributed by atoms with Crippen LogP contribution < -0.4 is 16.0 Å². The average molecular weight is 405 g/mol. The molecular formula is C18H17ClN4O5. The Morgan fingerprint density at radius 1 is 1.14 bits per heavy atom. The predicted molar refractivity (Wildman–Crippen MR) is 104 cm³/mol. The van der Waals surface area contributed by atoms with Gasteiger partial charge in [0.25, 0.3) is 11.6 Å². The van der Waals surface area contributed by atoms with Gasteiger partial charge < -0.3 is 20.7 Å². The van der Waals surface area contributed by atoms with Crippen LogP contribution in [0.15, 0.2) is 36.4 Å². The van der Waals surface area contributed by atoms with E-state index < -0.39 is 16.7 Å². The number of anilines is 2.